The fourth-order valence-corrected chi connectivity index (χ4v) is 3.07. The maximum Gasteiger partial charge on any atom is 0.232 e. The zero-order valence-corrected chi connectivity index (χ0v) is 16.2. The molecule has 1 N–H and O–H groups in total. The first-order valence-corrected chi connectivity index (χ1v) is 8.91. The predicted molar refractivity (Wildman–Crippen MR) is 106 cm³/mol. The van der Waals surface area contributed by atoms with Crippen molar-refractivity contribution in [1.82, 2.24) is 24.5 Å². The second kappa shape index (κ2) is 6.69. The number of hydrogen-bond acceptors (Lipinski definition) is 6. The van der Waals surface area contributed by atoms with Crippen molar-refractivity contribution in [2.75, 3.05) is 7.11 Å². The molecule has 0 fully saturated rings. The molecule has 0 atom stereocenters. The minimum absolute atomic E-state index is 0.491. The Morgan fingerprint density at radius 2 is 1.89 bits per heavy atom. The summed E-state index contributed by atoms with van der Waals surface area (Å²) in [5.41, 5.74) is 4.66. The predicted octanol–water partition coefficient (Wildman–Crippen LogP) is 3.42. The largest absolute Gasteiger partial charge is 0.480 e. The van der Waals surface area contributed by atoms with E-state index in [1.54, 1.807) is 39.7 Å². The van der Waals surface area contributed by atoms with Crippen molar-refractivity contribution >= 4 is 11.2 Å². The second-order valence-electron chi connectivity index (χ2n) is 7.14. The van der Waals surface area contributed by atoms with Crippen LogP contribution in [0.1, 0.15) is 25.1 Å². The quantitative estimate of drug-likeness (QED) is 0.588. The van der Waals surface area contributed by atoms with E-state index in [1.165, 1.54) is 0 Å². The molecule has 3 aromatic heterocycles. The molecule has 3 heterocycles. The summed E-state index contributed by atoms with van der Waals surface area (Å²) in [6, 6.07) is 9.83. The van der Waals surface area contributed by atoms with Gasteiger partial charge in [0.1, 0.15) is 11.8 Å². The number of pyridine rings is 1. The highest BCUT2D eigenvalue weighted by molar-refractivity contribution is 5.75. The highest BCUT2D eigenvalue weighted by Crippen LogP contribution is 2.27. The van der Waals surface area contributed by atoms with Gasteiger partial charge < -0.3 is 9.84 Å². The summed E-state index contributed by atoms with van der Waals surface area (Å²) in [5.74, 6) is 0.491. The van der Waals surface area contributed by atoms with E-state index in [9.17, 15) is 5.11 Å². The van der Waals surface area contributed by atoms with Crippen molar-refractivity contribution in [1.29, 1.82) is 0 Å². The summed E-state index contributed by atoms with van der Waals surface area (Å²) >= 11 is 0. The number of benzene rings is 1. The Labute approximate surface area is 162 Å². The van der Waals surface area contributed by atoms with E-state index >= 15 is 0 Å². The molecule has 1 aromatic carbocycles. The van der Waals surface area contributed by atoms with Gasteiger partial charge in [-0.25, -0.2) is 19.9 Å². The molecule has 142 valence electrons. The van der Waals surface area contributed by atoms with Crippen LogP contribution in [0, 0.1) is 6.92 Å². The van der Waals surface area contributed by atoms with Gasteiger partial charge >= 0.3 is 0 Å². The van der Waals surface area contributed by atoms with E-state index in [1.807, 2.05) is 41.8 Å². The molecule has 28 heavy (non-hydrogen) atoms. The van der Waals surface area contributed by atoms with Gasteiger partial charge in [0.15, 0.2) is 5.65 Å². The Hall–Kier alpha value is -3.32. The van der Waals surface area contributed by atoms with Crippen LogP contribution in [0.15, 0.2) is 49.1 Å². The molecule has 7 heteroatoms. The fraction of sp³-hybridized carbons (Fsp3) is 0.238. The third-order valence-electron chi connectivity index (χ3n) is 4.63. The Kier molecular flexibility index (Phi) is 4.31. The molecular weight excluding hydrogens is 354 g/mol. The molecule has 7 nitrogen and oxygen atoms in total. The Morgan fingerprint density at radius 3 is 2.61 bits per heavy atom. The van der Waals surface area contributed by atoms with Gasteiger partial charge in [0.25, 0.3) is 0 Å². The van der Waals surface area contributed by atoms with E-state index in [2.05, 4.69) is 19.9 Å². The van der Waals surface area contributed by atoms with Gasteiger partial charge in [0.2, 0.25) is 5.88 Å². The molecule has 0 aliphatic heterocycles. The molecule has 0 saturated carbocycles. The first kappa shape index (κ1) is 18.1. The standard InChI is InChI=1S/C21H21N5O2/c1-13-19(22-11-18(25-13)28-4)14-6-5-7-16(8-14)26-12-24-17-9-15(21(2,3)27)10-23-20(17)26/h5-12,27H,1-4H3. The van der Waals surface area contributed by atoms with Gasteiger partial charge in [-0.2, -0.15) is 0 Å². The van der Waals surface area contributed by atoms with Crippen molar-refractivity contribution in [3.63, 3.8) is 0 Å². The number of methoxy groups -OCH3 is 1. The first-order valence-electron chi connectivity index (χ1n) is 8.91. The number of hydrogen-bond donors (Lipinski definition) is 1. The monoisotopic (exact) mass is 375 g/mol. The topological polar surface area (TPSA) is 86.0 Å². The van der Waals surface area contributed by atoms with Gasteiger partial charge in [0, 0.05) is 23.0 Å². The van der Waals surface area contributed by atoms with E-state index in [-0.39, 0.29) is 0 Å². The zero-order chi connectivity index (χ0) is 19.9. The number of ether oxygens (including phenoxy) is 1. The molecule has 4 aromatic rings. The van der Waals surface area contributed by atoms with Crippen LogP contribution < -0.4 is 4.74 Å². The fourth-order valence-electron chi connectivity index (χ4n) is 3.07. The zero-order valence-electron chi connectivity index (χ0n) is 16.2. The lowest BCUT2D eigenvalue weighted by atomic mass is 10.0. The van der Waals surface area contributed by atoms with Crippen LogP contribution in [-0.2, 0) is 5.60 Å². The average molecular weight is 375 g/mol. The maximum absolute atomic E-state index is 10.2. The first-order chi connectivity index (χ1) is 13.4. The maximum atomic E-state index is 10.2. The van der Waals surface area contributed by atoms with E-state index in [0.29, 0.717) is 5.88 Å². The lowest BCUT2D eigenvalue weighted by Crippen LogP contribution is -2.15. The van der Waals surface area contributed by atoms with Gasteiger partial charge in [-0.1, -0.05) is 12.1 Å². The Balaban J connectivity index is 1.78. The van der Waals surface area contributed by atoms with Crippen molar-refractivity contribution in [3.8, 4) is 22.8 Å². The third-order valence-corrected chi connectivity index (χ3v) is 4.63. The number of imidazole rings is 1. The Morgan fingerprint density at radius 1 is 1.07 bits per heavy atom. The smallest absolute Gasteiger partial charge is 0.232 e. The average Bonchev–Trinajstić information content (AvgIpc) is 3.10. The number of nitrogens with zero attached hydrogens (tertiary/aromatic N) is 5. The van der Waals surface area contributed by atoms with Crippen LogP contribution in [-0.4, -0.2) is 36.7 Å². The Bertz CT molecular complexity index is 1160. The van der Waals surface area contributed by atoms with Crippen LogP contribution in [0.25, 0.3) is 28.1 Å². The van der Waals surface area contributed by atoms with Gasteiger partial charge in [0.05, 0.1) is 30.3 Å². The van der Waals surface area contributed by atoms with Gasteiger partial charge in [-0.15, -0.1) is 0 Å². The van der Waals surface area contributed by atoms with E-state index in [0.717, 1.165) is 39.4 Å². The van der Waals surface area contributed by atoms with Crippen LogP contribution in [0.4, 0.5) is 0 Å². The van der Waals surface area contributed by atoms with Crippen molar-refractivity contribution in [2.24, 2.45) is 0 Å². The van der Waals surface area contributed by atoms with E-state index in [4.69, 9.17) is 4.74 Å². The number of aryl methyl sites for hydroxylation is 1. The number of aliphatic hydroxyl groups is 1. The molecule has 4 rings (SSSR count). The molecule has 0 aliphatic rings. The lowest BCUT2D eigenvalue weighted by Gasteiger charge is -2.16. The molecule has 0 saturated heterocycles. The summed E-state index contributed by atoms with van der Waals surface area (Å²) in [7, 11) is 1.57. The summed E-state index contributed by atoms with van der Waals surface area (Å²) in [6.07, 6.45) is 5.03. The molecule has 0 aliphatic carbocycles. The summed E-state index contributed by atoms with van der Waals surface area (Å²) < 4.78 is 7.05. The van der Waals surface area contributed by atoms with E-state index < -0.39 is 5.60 Å². The number of rotatable bonds is 4. The van der Waals surface area contributed by atoms with Crippen molar-refractivity contribution in [3.05, 3.63) is 60.3 Å². The minimum atomic E-state index is -0.963. The highest BCUT2D eigenvalue weighted by Gasteiger charge is 2.18. The molecule has 0 bridgehead atoms. The molecule has 0 spiro atoms. The molecule has 0 amide bonds. The van der Waals surface area contributed by atoms with Crippen LogP contribution in [0.3, 0.4) is 0 Å². The van der Waals surface area contributed by atoms with Crippen LogP contribution in [0.2, 0.25) is 0 Å². The summed E-state index contributed by atoms with van der Waals surface area (Å²) in [5, 5.41) is 10.2. The van der Waals surface area contributed by atoms with Crippen molar-refractivity contribution in [2.45, 2.75) is 26.4 Å². The second-order valence-corrected chi connectivity index (χ2v) is 7.14. The SMILES string of the molecule is COc1cnc(-c2cccc(-n3cnc4cc(C(C)(C)O)cnc43)c2)c(C)n1. The molecular formula is C21H21N5O2. The minimum Gasteiger partial charge on any atom is -0.480 e. The summed E-state index contributed by atoms with van der Waals surface area (Å²) in [4.78, 5) is 17.9. The van der Waals surface area contributed by atoms with Crippen molar-refractivity contribution < 1.29 is 9.84 Å². The number of fused-ring (bicyclic) bond motifs is 1. The molecule has 0 radical (unpaired) electrons. The summed E-state index contributed by atoms with van der Waals surface area (Å²) in [6.45, 7) is 5.37. The number of aromatic nitrogens is 5. The third kappa shape index (κ3) is 3.20. The molecule has 0 unspecified atom stereocenters. The van der Waals surface area contributed by atoms with Gasteiger partial charge in [-0.05, 0) is 39.0 Å². The normalized spacial score (nSPS) is 11.8. The van der Waals surface area contributed by atoms with Crippen LogP contribution in [0.5, 0.6) is 5.88 Å². The van der Waals surface area contributed by atoms with Gasteiger partial charge in [-0.3, -0.25) is 4.57 Å². The lowest BCUT2D eigenvalue weighted by molar-refractivity contribution is 0.0784. The van der Waals surface area contributed by atoms with Crippen LogP contribution >= 0.6 is 0 Å². The highest BCUT2D eigenvalue weighted by atomic mass is 16.5.